The zero-order chi connectivity index (χ0) is 17.3. The van der Waals surface area contributed by atoms with Gasteiger partial charge in [-0.2, -0.15) is 13.2 Å². The molecule has 2 N–H and O–H groups in total. The summed E-state index contributed by atoms with van der Waals surface area (Å²) >= 11 is 0. The van der Waals surface area contributed by atoms with Crippen LogP contribution in [0.1, 0.15) is 25.3 Å². The third kappa shape index (κ3) is 5.05. The van der Waals surface area contributed by atoms with Gasteiger partial charge in [0.2, 0.25) is 10.0 Å². The van der Waals surface area contributed by atoms with Gasteiger partial charge in [0, 0.05) is 6.54 Å². The summed E-state index contributed by atoms with van der Waals surface area (Å²) in [7, 11) is -4.36. The van der Waals surface area contributed by atoms with E-state index in [1.54, 1.807) is 0 Å². The van der Waals surface area contributed by atoms with Crippen LogP contribution >= 0.6 is 12.4 Å². The van der Waals surface area contributed by atoms with Crippen LogP contribution < -0.4 is 10.0 Å². The number of hydrogen-bond acceptors (Lipinski definition) is 3. The number of hydrogen-bond donors (Lipinski definition) is 2. The topological polar surface area (TPSA) is 58.2 Å². The van der Waals surface area contributed by atoms with Gasteiger partial charge >= 0.3 is 6.18 Å². The van der Waals surface area contributed by atoms with E-state index in [1.807, 2.05) is 6.92 Å². The lowest BCUT2D eigenvalue weighted by Crippen LogP contribution is -2.43. The van der Waals surface area contributed by atoms with Crippen LogP contribution in [0.25, 0.3) is 0 Å². The SMILES string of the molecule is CC1(CNS(=O)(=O)c2cc(C(F)(F)F)ccc2F)CCNCC1.Cl. The maximum atomic E-state index is 13.7. The summed E-state index contributed by atoms with van der Waals surface area (Å²) in [6.07, 6.45) is -3.29. The van der Waals surface area contributed by atoms with Crippen molar-refractivity contribution in [1.29, 1.82) is 0 Å². The standard InChI is InChI=1S/C14H18F4N2O2S.ClH/c1-13(4-6-19-7-5-13)9-20-23(21,22)12-8-10(14(16,17)18)2-3-11(12)15;/h2-3,8,19-20H,4-7,9H2,1H3;1H. The van der Waals surface area contributed by atoms with Crippen molar-refractivity contribution in [2.24, 2.45) is 5.41 Å². The highest BCUT2D eigenvalue weighted by Crippen LogP contribution is 2.32. The van der Waals surface area contributed by atoms with Gasteiger partial charge in [-0.15, -0.1) is 12.4 Å². The molecule has 0 bridgehead atoms. The molecule has 1 aliphatic rings. The van der Waals surface area contributed by atoms with E-state index >= 15 is 0 Å². The highest BCUT2D eigenvalue weighted by Gasteiger charge is 2.34. The Hall–Kier alpha value is -0.900. The Bertz CT molecular complexity index is 674. The van der Waals surface area contributed by atoms with Gasteiger partial charge in [-0.25, -0.2) is 17.5 Å². The second-order valence-corrected chi connectivity index (χ2v) is 7.76. The summed E-state index contributed by atoms with van der Waals surface area (Å²) in [5.74, 6) is -1.21. The summed E-state index contributed by atoms with van der Waals surface area (Å²) in [6.45, 7) is 3.40. The van der Waals surface area contributed by atoms with Gasteiger partial charge in [0.05, 0.1) is 5.56 Å². The zero-order valence-electron chi connectivity index (χ0n) is 12.9. The van der Waals surface area contributed by atoms with E-state index in [-0.39, 0.29) is 24.4 Å². The normalized spacial score (nSPS) is 18.0. The lowest BCUT2D eigenvalue weighted by Gasteiger charge is -2.34. The first-order valence-corrected chi connectivity index (χ1v) is 8.59. The first-order valence-electron chi connectivity index (χ1n) is 7.11. The fourth-order valence-electron chi connectivity index (χ4n) is 2.44. The van der Waals surface area contributed by atoms with Crippen molar-refractivity contribution in [3.05, 3.63) is 29.6 Å². The predicted molar refractivity (Wildman–Crippen MR) is 84.0 cm³/mol. The van der Waals surface area contributed by atoms with E-state index in [0.717, 1.165) is 25.9 Å². The van der Waals surface area contributed by atoms with Crippen LogP contribution in [-0.2, 0) is 16.2 Å². The van der Waals surface area contributed by atoms with Crippen LogP contribution in [0.3, 0.4) is 0 Å². The molecule has 4 nitrogen and oxygen atoms in total. The molecule has 0 atom stereocenters. The van der Waals surface area contributed by atoms with Gasteiger partial charge in [0.15, 0.2) is 0 Å². The number of piperidine rings is 1. The first kappa shape index (κ1) is 21.1. The Kier molecular flexibility index (Phi) is 6.65. The van der Waals surface area contributed by atoms with E-state index in [4.69, 9.17) is 0 Å². The van der Waals surface area contributed by atoms with Gasteiger partial charge in [0.1, 0.15) is 10.7 Å². The molecule has 0 spiro atoms. The molecule has 0 amide bonds. The Balaban J connectivity index is 0.00000288. The van der Waals surface area contributed by atoms with E-state index in [0.29, 0.717) is 18.2 Å². The number of sulfonamides is 1. The molecule has 0 aromatic heterocycles. The molecule has 1 heterocycles. The Morgan fingerprint density at radius 1 is 1.25 bits per heavy atom. The van der Waals surface area contributed by atoms with Crippen molar-refractivity contribution < 1.29 is 26.0 Å². The fourth-order valence-corrected chi connectivity index (χ4v) is 3.74. The van der Waals surface area contributed by atoms with Crippen molar-refractivity contribution >= 4 is 22.4 Å². The van der Waals surface area contributed by atoms with Crippen LogP contribution in [0.4, 0.5) is 17.6 Å². The van der Waals surface area contributed by atoms with Gasteiger partial charge in [-0.1, -0.05) is 6.92 Å². The number of nitrogens with one attached hydrogen (secondary N) is 2. The zero-order valence-corrected chi connectivity index (χ0v) is 14.5. The summed E-state index contributed by atoms with van der Waals surface area (Å²) in [5, 5.41) is 3.14. The average molecular weight is 391 g/mol. The molecule has 1 aromatic carbocycles. The summed E-state index contributed by atoms with van der Waals surface area (Å²) in [4.78, 5) is -0.982. The van der Waals surface area contributed by atoms with Crippen molar-refractivity contribution in [3.8, 4) is 0 Å². The van der Waals surface area contributed by atoms with Crippen LogP contribution in [-0.4, -0.2) is 28.1 Å². The molecule has 1 saturated heterocycles. The second-order valence-electron chi connectivity index (χ2n) is 6.03. The predicted octanol–water partition coefficient (Wildman–Crippen LogP) is 2.93. The molecule has 2 rings (SSSR count). The smallest absolute Gasteiger partial charge is 0.317 e. The Morgan fingerprint density at radius 3 is 2.38 bits per heavy atom. The van der Waals surface area contributed by atoms with Crippen molar-refractivity contribution in [2.75, 3.05) is 19.6 Å². The highest BCUT2D eigenvalue weighted by molar-refractivity contribution is 7.89. The Labute approximate surface area is 144 Å². The summed E-state index contributed by atoms with van der Waals surface area (Å²) in [5.41, 5.74) is -1.51. The van der Waals surface area contributed by atoms with Crippen molar-refractivity contribution in [2.45, 2.75) is 30.8 Å². The summed E-state index contributed by atoms with van der Waals surface area (Å²) < 4.78 is 78.4. The molecule has 24 heavy (non-hydrogen) atoms. The molecule has 0 radical (unpaired) electrons. The van der Waals surface area contributed by atoms with Crippen molar-refractivity contribution in [3.63, 3.8) is 0 Å². The molecule has 0 aliphatic carbocycles. The molecule has 0 unspecified atom stereocenters. The van der Waals surface area contributed by atoms with E-state index in [2.05, 4.69) is 10.0 Å². The minimum Gasteiger partial charge on any atom is -0.317 e. The molecular weight excluding hydrogens is 372 g/mol. The number of alkyl halides is 3. The van der Waals surface area contributed by atoms with Crippen molar-refractivity contribution in [1.82, 2.24) is 10.0 Å². The van der Waals surface area contributed by atoms with E-state index < -0.39 is 32.5 Å². The minimum atomic E-state index is -4.74. The monoisotopic (exact) mass is 390 g/mol. The maximum Gasteiger partial charge on any atom is 0.416 e. The van der Waals surface area contributed by atoms with Crippen LogP contribution in [0, 0.1) is 11.2 Å². The second kappa shape index (κ2) is 7.55. The number of rotatable bonds is 4. The average Bonchev–Trinajstić information content (AvgIpc) is 2.45. The van der Waals surface area contributed by atoms with Gasteiger partial charge in [-0.3, -0.25) is 0 Å². The number of benzene rings is 1. The molecule has 10 heteroatoms. The molecule has 138 valence electrons. The van der Waals surface area contributed by atoms with Gasteiger partial charge in [0.25, 0.3) is 0 Å². The molecule has 1 aromatic rings. The fraction of sp³-hybridized carbons (Fsp3) is 0.571. The van der Waals surface area contributed by atoms with Crippen LogP contribution in [0.2, 0.25) is 0 Å². The third-order valence-electron chi connectivity index (χ3n) is 4.05. The first-order chi connectivity index (χ1) is 10.5. The molecular formula is C14H19ClF4N2O2S. The minimum absolute atomic E-state index is 0. The molecule has 0 saturated carbocycles. The quantitative estimate of drug-likeness (QED) is 0.777. The maximum absolute atomic E-state index is 13.7. The lowest BCUT2D eigenvalue weighted by molar-refractivity contribution is -0.137. The van der Waals surface area contributed by atoms with E-state index in [9.17, 15) is 26.0 Å². The highest BCUT2D eigenvalue weighted by atomic mass is 35.5. The third-order valence-corrected chi connectivity index (χ3v) is 5.46. The van der Waals surface area contributed by atoms with E-state index in [1.165, 1.54) is 0 Å². The van der Waals surface area contributed by atoms with Crippen LogP contribution in [0.5, 0.6) is 0 Å². The molecule has 1 fully saturated rings. The van der Waals surface area contributed by atoms with Gasteiger partial charge < -0.3 is 5.32 Å². The lowest BCUT2D eigenvalue weighted by atomic mass is 9.81. The van der Waals surface area contributed by atoms with Gasteiger partial charge in [-0.05, 0) is 49.5 Å². The molecule has 1 aliphatic heterocycles. The summed E-state index contributed by atoms with van der Waals surface area (Å²) in [6, 6.07) is 1.36. The van der Waals surface area contributed by atoms with Crippen LogP contribution in [0.15, 0.2) is 23.1 Å². The number of halogens is 5. The largest absolute Gasteiger partial charge is 0.416 e. The Morgan fingerprint density at radius 2 is 1.83 bits per heavy atom.